The van der Waals surface area contributed by atoms with Crippen LogP contribution in [0.4, 0.5) is 0 Å². The minimum Gasteiger partial charge on any atom is -0.417 e. The number of ketones is 1. The van der Waals surface area contributed by atoms with Gasteiger partial charge in [0.05, 0.1) is 6.10 Å². The summed E-state index contributed by atoms with van der Waals surface area (Å²) < 4.78 is 6.32. The number of carbonyl (C=O) groups is 1. The van der Waals surface area contributed by atoms with E-state index in [-0.39, 0.29) is 33.7 Å². The van der Waals surface area contributed by atoms with E-state index >= 15 is 0 Å². The first-order valence-electron chi connectivity index (χ1n) is 9.36. The van der Waals surface area contributed by atoms with Gasteiger partial charge in [0.1, 0.15) is 0 Å². The molecule has 2 rings (SSSR count). The first kappa shape index (κ1) is 19.9. The quantitative estimate of drug-likeness (QED) is 0.576. The third-order valence-corrected chi connectivity index (χ3v) is 11.6. The van der Waals surface area contributed by atoms with Crippen LogP contribution in [0.1, 0.15) is 60.3 Å². The summed E-state index contributed by atoms with van der Waals surface area (Å²) in [4.78, 5) is 11.9. The second kappa shape index (κ2) is 6.37. The minimum absolute atomic E-state index is 0.0341. The summed E-state index contributed by atoms with van der Waals surface area (Å²) >= 11 is 0. The van der Waals surface area contributed by atoms with Gasteiger partial charge < -0.3 is 9.53 Å². The maximum Gasteiger partial charge on any atom is 0.191 e. The lowest BCUT2D eigenvalue weighted by Gasteiger charge is -2.41. The number of allylic oxidation sites excluding steroid dienone is 2. The van der Waals surface area contributed by atoms with E-state index in [9.17, 15) is 9.90 Å². The summed E-state index contributed by atoms with van der Waals surface area (Å²) in [7, 11) is -1.70. The van der Waals surface area contributed by atoms with Crippen molar-refractivity contribution in [3.8, 4) is 0 Å². The molecule has 4 heteroatoms. The molecular weight excluding hydrogens is 316 g/mol. The van der Waals surface area contributed by atoms with Crippen molar-refractivity contribution in [2.75, 3.05) is 6.61 Å². The average molecular weight is 353 g/mol. The molecule has 0 spiro atoms. The number of aliphatic hydroxyl groups excluding tert-OH is 1. The van der Waals surface area contributed by atoms with Gasteiger partial charge in [-0.15, -0.1) is 0 Å². The van der Waals surface area contributed by atoms with E-state index in [2.05, 4.69) is 53.8 Å². The van der Waals surface area contributed by atoms with Gasteiger partial charge in [0, 0.05) is 13.0 Å². The summed E-state index contributed by atoms with van der Waals surface area (Å²) in [5.74, 6) is 0.445. The SMILES string of the molecule is CC1(C)[C@H]2CC(=O)C=C[C@@]2(CCCO[Si](C)(C)C(C)(C)C)C[C@@H]1O. The Morgan fingerprint density at radius 2 is 1.96 bits per heavy atom. The third-order valence-electron chi connectivity index (χ3n) is 7.09. The molecule has 1 N–H and O–H groups in total. The van der Waals surface area contributed by atoms with Crippen LogP contribution in [0.25, 0.3) is 0 Å². The number of hydrogen-bond acceptors (Lipinski definition) is 3. The number of carbonyl (C=O) groups excluding carboxylic acids is 1. The molecule has 2 aliphatic carbocycles. The first-order valence-corrected chi connectivity index (χ1v) is 12.3. The third kappa shape index (κ3) is 3.56. The van der Waals surface area contributed by atoms with Gasteiger partial charge in [0.25, 0.3) is 0 Å². The van der Waals surface area contributed by atoms with Crippen molar-refractivity contribution >= 4 is 14.1 Å². The zero-order valence-electron chi connectivity index (χ0n) is 16.6. The Bertz CT molecular complexity index is 515. The van der Waals surface area contributed by atoms with E-state index in [4.69, 9.17) is 4.43 Å². The van der Waals surface area contributed by atoms with Crippen LogP contribution < -0.4 is 0 Å². The van der Waals surface area contributed by atoms with Crippen LogP contribution in [0.15, 0.2) is 12.2 Å². The van der Waals surface area contributed by atoms with Crippen molar-refractivity contribution in [3.05, 3.63) is 12.2 Å². The normalized spacial score (nSPS) is 32.9. The van der Waals surface area contributed by atoms with E-state index in [1.807, 2.05) is 0 Å². The maximum absolute atomic E-state index is 11.9. The van der Waals surface area contributed by atoms with Gasteiger partial charge >= 0.3 is 0 Å². The first-order chi connectivity index (χ1) is 10.8. The fourth-order valence-electron chi connectivity index (χ4n) is 4.22. The molecule has 3 atom stereocenters. The van der Waals surface area contributed by atoms with E-state index in [0.717, 1.165) is 25.9 Å². The van der Waals surface area contributed by atoms with Gasteiger partial charge in [0.2, 0.25) is 0 Å². The van der Waals surface area contributed by atoms with Crippen molar-refractivity contribution < 1.29 is 14.3 Å². The maximum atomic E-state index is 11.9. The lowest BCUT2D eigenvalue weighted by atomic mass is 9.63. The van der Waals surface area contributed by atoms with Crippen molar-refractivity contribution in [2.24, 2.45) is 16.7 Å². The van der Waals surface area contributed by atoms with Gasteiger partial charge in [-0.1, -0.05) is 40.7 Å². The molecule has 0 saturated heterocycles. The Morgan fingerprint density at radius 3 is 2.54 bits per heavy atom. The fourth-order valence-corrected chi connectivity index (χ4v) is 5.31. The Morgan fingerprint density at radius 1 is 1.33 bits per heavy atom. The molecule has 1 saturated carbocycles. The predicted molar refractivity (Wildman–Crippen MR) is 101 cm³/mol. The molecule has 0 radical (unpaired) electrons. The summed E-state index contributed by atoms with van der Waals surface area (Å²) in [6.45, 7) is 16.4. The van der Waals surface area contributed by atoms with Gasteiger partial charge in [-0.05, 0) is 60.2 Å². The second-order valence-electron chi connectivity index (χ2n) is 10.0. The van der Waals surface area contributed by atoms with Crippen LogP contribution >= 0.6 is 0 Å². The highest BCUT2D eigenvalue weighted by molar-refractivity contribution is 6.74. The molecule has 0 amide bonds. The molecule has 0 unspecified atom stereocenters. The van der Waals surface area contributed by atoms with Crippen LogP contribution in [0.2, 0.25) is 18.1 Å². The van der Waals surface area contributed by atoms with Crippen LogP contribution in [0, 0.1) is 16.7 Å². The molecular formula is C20H36O3Si. The lowest BCUT2D eigenvalue weighted by molar-refractivity contribution is -0.118. The van der Waals surface area contributed by atoms with Gasteiger partial charge in [0.15, 0.2) is 14.1 Å². The summed E-state index contributed by atoms with van der Waals surface area (Å²) in [5.41, 5.74) is -0.228. The van der Waals surface area contributed by atoms with Gasteiger partial charge in [-0.2, -0.15) is 0 Å². The second-order valence-corrected chi connectivity index (χ2v) is 14.9. The van der Waals surface area contributed by atoms with Crippen molar-refractivity contribution in [3.63, 3.8) is 0 Å². The Balaban J connectivity index is 2.03. The highest BCUT2D eigenvalue weighted by atomic mass is 28.4. The number of aliphatic hydroxyl groups is 1. The van der Waals surface area contributed by atoms with Gasteiger partial charge in [-0.3, -0.25) is 4.79 Å². The molecule has 3 nitrogen and oxygen atoms in total. The summed E-state index contributed by atoms with van der Waals surface area (Å²) in [5, 5.41) is 10.8. The topological polar surface area (TPSA) is 46.5 Å². The largest absolute Gasteiger partial charge is 0.417 e. The summed E-state index contributed by atoms with van der Waals surface area (Å²) in [6, 6.07) is 0. The zero-order chi connectivity index (χ0) is 18.4. The van der Waals surface area contributed by atoms with E-state index < -0.39 is 8.32 Å². The van der Waals surface area contributed by atoms with Crippen molar-refractivity contribution in [1.29, 1.82) is 0 Å². The molecule has 0 aromatic rings. The van der Waals surface area contributed by atoms with Crippen LogP contribution in [-0.4, -0.2) is 31.9 Å². The lowest BCUT2D eigenvalue weighted by Crippen LogP contribution is -2.41. The number of hydrogen-bond donors (Lipinski definition) is 1. The Kier molecular flexibility index (Phi) is 5.27. The number of rotatable bonds is 5. The zero-order valence-corrected chi connectivity index (χ0v) is 17.6. The molecule has 2 aliphatic rings. The minimum atomic E-state index is -1.70. The van der Waals surface area contributed by atoms with Crippen molar-refractivity contribution in [1.82, 2.24) is 0 Å². The molecule has 138 valence electrons. The molecule has 0 aromatic carbocycles. The van der Waals surface area contributed by atoms with Gasteiger partial charge in [-0.25, -0.2) is 0 Å². The van der Waals surface area contributed by atoms with E-state index in [1.165, 1.54) is 0 Å². The monoisotopic (exact) mass is 352 g/mol. The van der Waals surface area contributed by atoms with Crippen LogP contribution in [-0.2, 0) is 9.22 Å². The highest BCUT2D eigenvalue weighted by Crippen LogP contribution is 2.59. The van der Waals surface area contributed by atoms with E-state index in [0.29, 0.717) is 6.42 Å². The fraction of sp³-hybridized carbons (Fsp3) is 0.850. The summed E-state index contributed by atoms with van der Waals surface area (Å²) in [6.07, 6.45) is 6.85. The Labute approximate surface area is 149 Å². The predicted octanol–water partition coefficient (Wildman–Crippen LogP) is 4.71. The smallest absolute Gasteiger partial charge is 0.191 e. The average Bonchev–Trinajstić information content (AvgIpc) is 2.63. The Hall–Kier alpha value is -0.453. The molecule has 0 aromatic heterocycles. The molecule has 24 heavy (non-hydrogen) atoms. The van der Waals surface area contributed by atoms with Crippen LogP contribution in [0.3, 0.4) is 0 Å². The number of fused-ring (bicyclic) bond motifs is 1. The van der Waals surface area contributed by atoms with E-state index in [1.54, 1.807) is 6.08 Å². The standard InChI is InChI=1S/C20H36O3Si/c1-18(2,3)24(6,7)23-12-8-10-20-11-9-15(21)13-16(20)19(4,5)17(22)14-20/h9,11,16-17,22H,8,10,12-14H2,1-7H3/t16-,17+,20+/m1/s1. The molecule has 0 bridgehead atoms. The van der Waals surface area contributed by atoms with Crippen LogP contribution in [0.5, 0.6) is 0 Å². The molecule has 0 heterocycles. The molecule has 1 fully saturated rings. The highest BCUT2D eigenvalue weighted by Gasteiger charge is 2.57. The molecule has 0 aliphatic heterocycles. The van der Waals surface area contributed by atoms with Crippen molar-refractivity contribution in [2.45, 2.75) is 84.5 Å².